The van der Waals surface area contributed by atoms with E-state index in [1.807, 2.05) is 97.1 Å². The van der Waals surface area contributed by atoms with Crippen molar-refractivity contribution in [3.05, 3.63) is 126 Å². The molecule has 1 heterocycles. The monoisotopic (exact) mass is 740 g/mol. The van der Waals surface area contributed by atoms with Gasteiger partial charge >= 0.3 is 0 Å². The first kappa shape index (κ1) is 26.5. The fraction of sp³-hybridized carbons (Fsp3) is 0.0323. The number of furan rings is 1. The largest absolute Gasteiger partial charge is 0.487 e. The minimum Gasteiger partial charge on any atom is -0.487 e. The molecule has 0 bridgehead atoms. The van der Waals surface area contributed by atoms with E-state index in [-0.39, 0.29) is 5.88 Å². The van der Waals surface area contributed by atoms with E-state index in [4.69, 9.17) is 20.8 Å². The molecule has 0 atom stereocenters. The van der Waals surface area contributed by atoms with Gasteiger partial charge in [-0.3, -0.25) is 0 Å². The first-order chi connectivity index (χ1) is 18.5. The van der Waals surface area contributed by atoms with Gasteiger partial charge in [0.2, 0.25) is 5.88 Å². The summed E-state index contributed by atoms with van der Waals surface area (Å²) in [6.07, 6.45) is 1.71. The SMILES string of the molecule is N#Cc1c(N=Cc2cc(I)c(OCc3ccccc3Cl)c(I)c2)oc(-c2ccccc2)c1-c1ccccc1. The van der Waals surface area contributed by atoms with Gasteiger partial charge in [0, 0.05) is 27.9 Å². The molecule has 4 aromatic carbocycles. The van der Waals surface area contributed by atoms with Crippen LogP contribution in [0.15, 0.2) is 106 Å². The van der Waals surface area contributed by atoms with E-state index >= 15 is 0 Å². The van der Waals surface area contributed by atoms with Crippen LogP contribution in [0.25, 0.3) is 22.5 Å². The zero-order valence-corrected chi connectivity index (χ0v) is 24.9. The van der Waals surface area contributed by atoms with Crippen LogP contribution in [0.1, 0.15) is 16.7 Å². The number of rotatable bonds is 7. The molecular formula is C31H19ClI2N2O2. The lowest BCUT2D eigenvalue weighted by atomic mass is 9.98. The number of halogens is 3. The van der Waals surface area contributed by atoms with Gasteiger partial charge in [0.15, 0.2) is 0 Å². The zero-order valence-electron chi connectivity index (χ0n) is 19.9. The molecule has 0 saturated carbocycles. The molecule has 0 saturated heterocycles. The topological polar surface area (TPSA) is 58.5 Å². The number of nitriles is 1. The van der Waals surface area contributed by atoms with Gasteiger partial charge in [-0.05, 0) is 74.5 Å². The number of hydrogen-bond acceptors (Lipinski definition) is 4. The van der Waals surface area contributed by atoms with E-state index < -0.39 is 0 Å². The lowest BCUT2D eigenvalue weighted by Crippen LogP contribution is -2.00. The van der Waals surface area contributed by atoms with Crippen molar-refractivity contribution >= 4 is 68.9 Å². The Balaban J connectivity index is 1.48. The fourth-order valence-electron chi connectivity index (χ4n) is 3.98. The highest BCUT2D eigenvalue weighted by Gasteiger charge is 2.22. The maximum Gasteiger partial charge on any atom is 0.238 e. The van der Waals surface area contributed by atoms with Crippen LogP contribution < -0.4 is 4.74 Å². The average Bonchev–Trinajstić information content (AvgIpc) is 3.32. The minimum atomic E-state index is 0.272. The van der Waals surface area contributed by atoms with Gasteiger partial charge < -0.3 is 9.15 Å². The molecule has 0 aliphatic rings. The Morgan fingerprint density at radius 1 is 0.868 bits per heavy atom. The molecule has 0 N–H and O–H groups in total. The Morgan fingerprint density at radius 2 is 1.47 bits per heavy atom. The molecule has 186 valence electrons. The molecule has 0 amide bonds. The smallest absolute Gasteiger partial charge is 0.238 e. The third kappa shape index (κ3) is 5.80. The summed E-state index contributed by atoms with van der Waals surface area (Å²) in [4.78, 5) is 4.62. The van der Waals surface area contributed by atoms with E-state index in [1.165, 1.54) is 0 Å². The van der Waals surface area contributed by atoms with Gasteiger partial charge in [-0.1, -0.05) is 90.5 Å². The molecule has 4 nitrogen and oxygen atoms in total. The van der Waals surface area contributed by atoms with Gasteiger partial charge in [-0.2, -0.15) is 5.26 Å². The summed E-state index contributed by atoms with van der Waals surface area (Å²) in [5, 5.41) is 10.8. The highest BCUT2D eigenvalue weighted by Crippen LogP contribution is 2.42. The van der Waals surface area contributed by atoms with E-state index in [0.717, 1.165) is 40.7 Å². The number of hydrogen-bond donors (Lipinski definition) is 0. The van der Waals surface area contributed by atoms with Crippen LogP contribution in [-0.4, -0.2) is 6.21 Å². The van der Waals surface area contributed by atoms with Crippen molar-refractivity contribution in [1.29, 1.82) is 5.26 Å². The van der Waals surface area contributed by atoms with Gasteiger partial charge in [-0.25, -0.2) is 4.99 Å². The van der Waals surface area contributed by atoms with Gasteiger partial charge in [0.05, 0.1) is 7.14 Å². The molecule has 5 rings (SSSR count). The third-order valence-corrected chi connectivity index (χ3v) is 7.75. The number of aliphatic imine (C=N–C) groups is 1. The van der Waals surface area contributed by atoms with Crippen LogP contribution in [-0.2, 0) is 6.61 Å². The lowest BCUT2D eigenvalue weighted by Gasteiger charge is -2.12. The van der Waals surface area contributed by atoms with Crippen molar-refractivity contribution in [2.45, 2.75) is 6.61 Å². The van der Waals surface area contributed by atoms with Crippen LogP contribution >= 0.6 is 56.8 Å². The second-order valence-corrected chi connectivity index (χ2v) is 11.0. The van der Waals surface area contributed by atoms with Crippen LogP contribution in [0.4, 0.5) is 5.88 Å². The van der Waals surface area contributed by atoms with Crippen LogP contribution in [0.3, 0.4) is 0 Å². The Hall–Kier alpha value is -3.13. The van der Waals surface area contributed by atoms with E-state index in [1.54, 1.807) is 6.21 Å². The van der Waals surface area contributed by atoms with Crippen molar-refractivity contribution < 1.29 is 9.15 Å². The third-order valence-electron chi connectivity index (χ3n) is 5.78. The summed E-state index contributed by atoms with van der Waals surface area (Å²) in [6.45, 7) is 0.377. The molecule has 38 heavy (non-hydrogen) atoms. The summed E-state index contributed by atoms with van der Waals surface area (Å²) in [5.74, 6) is 1.68. The van der Waals surface area contributed by atoms with Gasteiger partial charge in [0.25, 0.3) is 0 Å². The molecule has 0 spiro atoms. The second kappa shape index (κ2) is 12.2. The molecule has 0 aliphatic heterocycles. The number of nitrogens with zero attached hydrogens (tertiary/aromatic N) is 2. The van der Waals surface area contributed by atoms with Crippen molar-refractivity contribution in [3.8, 4) is 34.3 Å². The van der Waals surface area contributed by atoms with Gasteiger partial charge in [-0.15, -0.1) is 0 Å². The molecule has 7 heteroatoms. The summed E-state index contributed by atoms with van der Waals surface area (Å²) in [5.41, 5.74) is 4.71. The first-order valence-electron chi connectivity index (χ1n) is 11.6. The first-order valence-corrected chi connectivity index (χ1v) is 14.2. The molecule has 1 aromatic heterocycles. The van der Waals surface area contributed by atoms with Crippen LogP contribution in [0, 0.1) is 18.5 Å². The molecule has 0 fully saturated rings. The van der Waals surface area contributed by atoms with E-state index in [0.29, 0.717) is 23.0 Å². The minimum absolute atomic E-state index is 0.272. The lowest BCUT2D eigenvalue weighted by molar-refractivity contribution is 0.302. The van der Waals surface area contributed by atoms with E-state index in [2.05, 4.69) is 56.2 Å². The Morgan fingerprint density at radius 3 is 2.11 bits per heavy atom. The van der Waals surface area contributed by atoms with Gasteiger partial charge in [0.1, 0.15) is 29.7 Å². The van der Waals surface area contributed by atoms with Crippen molar-refractivity contribution in [2.24, 2.45) is 4.99 Å². The molecular weight excluding hydrogens is 722 g/mol. The maximum atomic E-state index is 10.1. The quantitative estimate of drug-likeness (QED) is 0.123. The highest BCUT2D eigenvalue weighted by atomic mass is 127. The predicted molar refractivity (Wildman–Crippen MR) is 169 cm³/mol. The Kier molecular flexibility index (Phi) is 8.47. The second-order valence-electron chi connectivity index (χ2n) is 8.28. The average molecular weight is 741 g/mol. The normalized spacial score (nSPS) is 11.0. The Bertz CT molecular complexity index is 1640. The molecule has 0 unspecified atom stereocenters. The Labute approximate surface area is 253 Å². The molecule has 0 aliphatic carbocycles. The summed E-state index contributed by atoms with van der Waals surface area (Å²) < 4.78 is 14.2. The molecule has 5 aromatic rings. The van der Waals surface area contributed by atoms with Crippen LogP contribution in [0.5, 0.6) is 5.75 Å². The summed E-state index contributed by atoms with van der Waals surface area (Å²) >= 11 is 10.8. The summed E-state index contributed by atoms with van der Waals surface area (Å²) in [6, 6.07) is 33.5. The van der Waals surface area contributed by atoms with Crippen molar-refractivity contribution in [2.75, 3.05) is 0 Å². The van der Waals surface area contributed by atoms with E-state index in [9.17, 15) is 5.26 Å². The highest BCUT2D eigenvalue weighted by molar-refractivity contribution is 14.1. The van der Waals surface area contributed by atoms with Crippen molar-refractivity contribution in [3.63, 3.8) is 0 Å². The van der Waals surface area contributed by atoms with Crippen molar-refractivity contribution in [1.82, 2.24) is 0 Å². The standard InChI is InChI=1S/C31H19ClI2N2O2/c32-25-14-8-7-13-23(25)19-37-30-26(33)15-20(16-27(30)34)18-36-31-24(17-35)28(21-9-3-1-4-10-21)29(38-31)22-11-5-2-6-12-22/h1-16,18H,19H2. The number of benzene rings is 4. The number of ether oxygens (including phenoxy) is 1. The predicted octanol–water partition coefficient (Wildman–Crippen LogP) is 9.68. The van der Waals surface area contributed by atoms with Crippen LogP contribution in [0.2, 0.25) is 5.02 Å². The maximum absolute atomic E-state index is 10.1. The fourth-order valence-corrected chi connectivity index (χ4v) is 6.30. The zero-order chi connectivity index (χ0) is 26.5. The molecule has 0 radical (unpaired) electrons. The summed E-state index contributed by atoms with van der Waals surface area (Å²) in [7, 11) is 0.